The third-order valence-electron chi connectivity index (χ3n) is 13.3. The van der Waals surface area contributed by atoms with E-state index in [1.54, 1.807) is 4.90 Å². The van der Waals surface area contributed by atoms with Gasteiger partial charge in [0.2, 0.25) is 17.6 Å². The summed E-state index contributed by atoms with van der Waals surface area (Å²) in [5, 5.41) is 11.0. The van der Waals surface area contributed by atoms with E-state index in [0.717, 1.165) is 70.6 Å². The molecule has 13 heteroatoms. The van der Waals surface area contributed by atoms with Gasteiger partial charge in [-0.05, 0) is 80.5 Å². The molecule has 51 heavy (non-hydrogen) atoms. The normalized spacial score (nSPS) is 30.3. The van der Waals surface area contributed by atoms with E-state index in [1.807, 2.05) is 0 Å². The minimum atomic E-state index is -3.35. The summed E-state index contributed by atoms with van der Waals surface area (Å²) in [4.78, 5) is 70.6. The average Bonchev–Trinajstić information content (AvgIpc) is 3.91. The Labute approximate surface area is 303 Å². The van der Waals surface area contributed by atoms with Gasteiger partial charge in [-0.3, -0.25) is 19.2 Å². The lowest BCUT2D eigenvalue weighted by atomic mass is 9.78. The first-order valence-corrected chi connectivity index (χ1v) is 21.3. The predicted octanol–water partition coefficient (Wildman–Crippen LogP) is 3.54. The smallest absolute Gasteiger partial charge is 0.315 e. The molecule has 0 unspecified atom stereocenters. The zero-order chi connectivity index (χ0) is 36.6. The van der Waals surface area contributed by atoms with Gasteiger partial charge in [-0.1, -0.05) is 71.3 Å². The number of sulfone groups is 1. The van der Waals surface area contributed by atoms with Gasteiger partial charge in [0.15, 0.2) is 9.84 Å². The Morgan fingerprint density at radius 1 is 0.902 bits per heavy atom. The summed E-state index contributed by atoms with van der Waals surface area (Å²) >= 11 is 0. The minimum absolute atomic E-state index is 0.0904. The monoisotopic (exact) mass is 729 g/mol. The van der Waals surface area contributed by atoms with Crippen molar-refractivity contribution in [2.75, 3.05) is 18.8 Å². The second-order valence-electron chi connectivity index (χ2n) is 17.0. The Kier molecular flexibility index (Phi) is 11.2. The van der Waals surface area contributed by atoms with Gasteiger partial charge in [0.25, 0.3) is 5.91 Å². The van der Waals surface area contributed by atoms with Gasteiger partial charge < -0.3 is 26.2 Å². The summed E-state index contributed by atoms with van der Waals surface area (Å²) < 4.78 is 26.3. The summed E-state index contributed by atoms with van der Waals surface area (Å²) in [7, 11) is -3.35. The topological polar surface area (TPSA) is 171 Å². The molecular weight excluding hydrogens is 671 g/mol. The zero-order valence-electron chi connectivity index (χ0n) is 30.6. The molecule has 0 radical (unpaired) electrons. The van der Waals surface area contributed by atoms with Crippen LogP contribution in [0.1, 0.15) is 117 Å². The number of hydrogen-bond acceptors (Lipinski definition) is 7. The molecule has 2 aliphatic heterocycles. The van der Waals surface area contributed by atoms with Crippen molar-refractivity contribution in [3.05, 3.63) is 12.7 Å². The van der Waals surface area contributed by atoms with E-state index in [4.69, 9.17) is 0 Å². The molecule has 0 aromatic heterocycles. The van der Waals surface area contributed by atoms with Crippen LogP contribution in [0, 0.1) is 29.1 Å². The Morgan fingerprint density at radius 2 is 1.59 bits per heavy atom. The summed E-state index contributed by atoms with van der Waals surface area (Å²) in [6.07, 6.45) is 14.1. The molecule has 0 bridgehead atoms. The Balaban J connectivity index is 1.22. The van der Waals surface area contributed by atoms with Crippen molar-refractivity contribution in [1.29, 1.82) is 0 Å². The van der Waals surface area contributed by atoms with Gasteiger partial charge in [0, 0.05) is 13.1 Å². The summed E-state index contributed by atoms with van der Waals surface area (Å²) in [5.41, 5.74) is -1.04. The quantitative estimate of drug-likeness (QED) is 0.157. The molecule has 2 saturated heterocycles. The standard InChI is InChI=1S/C38H59N5O7S/c1-4-21-39-34(46)32(44)27(18-17-24-15-16-24)40-33(45)31-29-26(37(29,2)3)23-43(31)35(47)30(25-12-7-5-8-13-25)41-36(48)42-38(19-9-6-10-20-38)28-14-11-22-51(28,49)50/h4,24-31H,1,5-23H2,2-3H3,(H,39,46)(H,40,45)(H2,41,42,48)/t26-,27-,28+,29-,30-,31-/m0/s1. The number of carbonyl (C=O) groups is 5. The van der Waals surface area contributed by atoms with Gasteiger partial charge in [0.1, 0.15) is 12.1 Å². The van der Waals surface area contributed by atoms with Crippen LogP contribution in [0.25, 0.3) is 0 Å². The van der Waals surface area contributed by atoms with E-state index < -0.39 is 62.4 Å². The number of fused-ring (bicyclic) bond motifs is 1. The molecule has 0 spiro atoms. The van der Waals surface area contributed by atoms with Crippen LogP contribution in [0.5, 0.6) is 0 Å². The summed E-state index contributed by atoms with van der Waals surface area (Å²) in [5.74, 6) is -1.75. The van der Waals surface area contributed by atoms with Crippen LogP contribution < -0.4 is 21.3 Å². The molecule has 12 nitrogen and oxygen atoms in total. The molecule has 0 aromatic rings. The molecule has 4 aliphatic carbocycles. The van der Waals surface area contributed by atoms with Crippen LogP contribution in [0.15, 0.2) is 12.7 Å². The number of urea groups is 1. The summed E-state index contributed by atoms with van der Waals surface area (Å²) in [6, 6.07) is -3.24. The fourth-order valence-electron chi connectivity index (χ4n) is 10.1. The molecular formula is C38H59N5O7S. The Morgan fingerprint density at radius 3 is 2.22 bits per heavy atom. The molecule has 0 aromatic carbocycles. The number of likely N-dealkylation sites (tertiary alicyclic amines) is 1. The fraction of sp³-hybridized carbons (Fsp3) is 0.816. The molecule has 6 rings (SSSR count). The highest BCUT2D eigenvalue weighted by Crippen LogP contribution is 2.65. The third kappa shape index (κ3) is 8.03. The van der Waals surface area contributed by atoms with E-state index in [-0.39, 0.29) is 41.4 Å². The van der Waals surface area contributed by atoms with Crippen molar-refractivity contribution in [3.63, 3.8) is 0 Å². The molecule has 6 fully saturated rings. The predicted molar refractivity (Wildman–Crippen MR) is 193 cm³/mol. The maximum absolute atomic E-state index is 14.7. The van der Waals surface area contributed by atoms with Gasteiger partial charge in [-0.15, -0.1) is 6.58 Å². The molecule has 2 heterocycles. The van der Waals surface area contributed by atoms with Crippen molar-refractivity contribution in [3.8, 4) is 0 Å². The number of ketones is 1. The van der Waals surface area contributed by atoms with Gasteiger partial charge in [0.05, 0.1) is 22.6 Å². The number of piperidine rings is 1. The van der Waals surface area contributed by atoms with Gasteiger partial charge in [-0.25, -0.2) is 13.2 Å². The number of hydrogen-bond donors (Lipinski definition) is 4. The second kappa shape index (κ2) is 15.2. The minimum Gasteiger partial charge on any atom is -0.346 e. The Bertz CT molecular complexity index is 1480. The van der Waals surface area contributed by atoms with E-state index in [1.165, 1.54) is 6.08 Å². The lowest BCUT2D eigenvalue weighted by molar-refractivity contribution is -0.144. The molecule has 5 amide bonds. The van der Waals surface area contributed by atoms with E-state index in [0.29, 0.717) is 44.6 Å². The zero-order valence-corrected chi connectivity index (χ0v) is 31.4. The van der Waals surface area contributed by atoms with Crippen molar-refractivity contribution in [2.45, 2.75) is 145 Å². The largest absolute Gasteiger partial charge is 0.346 e. The lowest BCUT2D eigenvalue weighted by Gasteiger charge is -2.43. The number of rotatable bonds is 14. The highest BCUT2D eigenvalue weighted by Gasteiger charge is 2.70. The SMILES string of the molecule is C=CCNC(=O)C(=O)[C@H](CCC1CC1)NC(=O)[C@@H]1[C@@H]2[C@H](CN1C(=O)[C@@H](NC(=O)NC1([C@H]3CCCS3(=O)=O)CCCCC1)C1CCCCC1)C2(C)C. The third-order valence-corrected chi connectivity index (χ3v) is 15.7. The van der Waals surface area contributed by atoms with Crippen molar-refractivity contribution >= 4 is 39.4 Å². The van der Waals surface area contributed by atoms with Crippen molar-refractivity contribution < 1.29 is 32.4 Å². The van der Waals surface area contributed by atoms with E-state index >= 15 is 0 Å². The highest BCUT2D eigenvalue weighted by molar-refractivity contribution is 7.92. The lowest BCUT2D eigenvalue weighted by Crippen LogP contribution is -2.64. The van der Waals surface area contributed by atoms with Gasteiger partial charge in [-0.2, -0.15) is 0 Å². The fourth-order valence-corrected chi connectivity index (χ4v) is 12.5. The maximum Gasteiger partial charge on any atom is 0.315 e. The van der Waals surface area contributed by atoms with Gasteiger partial charge >= 0.3 is 6.03 Å². The van der Waals surface area contributed by atoms with Crippen LogP contribution in [0.2, 0.25) is 0 Å². The summed E-state index contributed by atoms with van der Waals surface area (Å²) in [6.45, 7) is 8.28. The first-order chi connectivity index (χ1) is 24.3. The molecule has 4 saturated carbocycles. The van der Waals surface area contributed by atoms with Crippen LogP contribution in [0.4, 0.5) is 4.79 Å². The molecule has 284 valence electrons. The van der Waals surface area contributed by atoms with E-state index in [9.17, 15) is 32.4 Å². The van der Waals surface area contributed by atoms with E-state index in [2.05, 4.69) is 41.7 Å². The number of carbonyl (C=O) groups excluding carboxylic acids is 5. The molecule has 6 aliphatic rings. The first kappa shape index (κ1) is 37.8. The van der Waals surface area contributed by atoms with Crippen molar-refractivity contribution in [2.24, 2.45) is 29.1 Å². The first-order valence-electron chi connectivity index (χ1n) is 19.6. The van der Waals surface area contributed by atoms with Crippen LogP contribution in [-0.2, 0) is 29.0 Å². The molecule has 4 N–H and O–H groups in total. The average molecular weight is 730 g/mol. The number of nitrogens with one attached hydrogen (secondary N) is 4. The van der Waals surface area contributed by atoms with Crippen molar-refractivity contribution in [1.82, 2.24) is 26.2 Å². The van der Waals surface area contributed by atoms with Crippen LogP contribution in [-0.4, -0.2) is 90.6 Å². The number of nitrogens with zero attached hydrogens (tertiary/aromatic N) is 1. The maximum atomic E-state index is 14.7. The Hall–Kier alpha value is -2.96. The molecule has 6 atom stereocenters. The highest BCUT2D eigenvalue weighted by atomic mass is 32.2. The number of Topliss-reactive ketones (excluding diaryl/α,β-unsaturated/α-hetero) is 1. The van der Waals surface area contributed by atoms with Crippen LogP contribution in [0.3, 0.4) is 0 Å². The van der Waals surface area contributed by atoms with Crippen LogP contribution >= 0.6 is 0 Å². The second-order valence-corrected chi connectivity index (χ2v) is 19.3. The number of amides is 5.